The second kappa shape index (κ2) is 5.46. The summed E-state index contributed by atoms with van der Waals surface area (Å²) in [5.74, 6) is 1.91. The molecular formula is C13H13ClOS. The molecule has 0 aromatic heterocycles. The first-order valence-electron chi connectivity index (χ1n) is 5.12. The predicted molar refractivity (Wildman–Crippen MR) is 72.8 cm³/mol. The Balaban J connectivity index is 2.35. The number of halogens is 1. The largest absolute Gasteiger partial charge is 0.492 e. The van der Waals surface area contributed by atoms with E-state index < -0.39 is 0 Å². The molecule has 0 spiro atoms. The first kappa shape index (κ1) is 11.6. The van der Waals surface area contributed by atoms with Crippen LogP contribution in [0.4, 0.5) is 0 Å². The number of ether oxygens (including phenoxy) is 1. The van der Waals surface area contributed by atoms with Crippen LogP contribution in [0.2, 0.25) is 5.02 Å². The first-order valence-corrected chi connectivity index (χ1v) is 6.89. The summed E-state index contributed by atoms with van der Waals surface area (Å²) < 4.78 is 5.74. The first-order chi connectivity index (χ1) is 7.83. The van der Waals surface area contributed by atoms with Gasteiger partial charge >= 0.3 is 0 Å². The molecule has 0 saturated carbocycles. The molecule has 0 aliphatic carbocycles. The standard InChI is InChI=1S/C13H13ClOS/c1-16-9-8-15-13-7-6-12(14)10-4-2-3-5-11(10)13/h2-7H,8-9H2,1H3. The third-order valence-electron chi connectivity index (χ3n) is 2.38. The van der Waals surface area contributed by atoms with E-state index in [1.807, 2.05) is 36.4 Å². The maximum atomic E-state index is 6.13. The Morgan fingerprint density at radius 1 is 1.12 bits per heavy atom. The molecule has 0 heterocycles. The van der Waals surface area contributed by atoms with E-state index in [2.05, 4.69) is 6.26 Å². The second-order valence-corrected chi connectivity index (χ2v) is 4.83. The van der Waals surface area contributed by atoms with Crippen LogP contribution in [0.5, 0.6) is 5.75 Å². The third-order valence-corrected chi connectivity index (χ3v) is 3.28. The predicted octanol–water partition coefficient (Wildman–Crippen LogP) is 4.24. The molecule has 1 nitrogen and oxygen atoms in total. The van der Waals surface area contributed by atoms with Gasteiger partial charge in [0.2, 0.25) is 0 Å². The Hall–Kier alpha value is -0.860. The Morgan fingerprint density at radius 3 is 2.62 bits per heavy atom. The lowest BCUT2D eigenvalue weighted by molar-refractivity contribution is 0.348. The molecule has 84 valence electrons. The number of hydrogen-bond donors (Lipinski definition) is 0. The Bertz CT molecular complexity index is 484. The van der Waals surface area contributed by atoms with Crippen molar-refractivity contribution >= 4 is 34.1 Å². The highest BCUT2D eigenvalue weighted by Crippen LogP contribution is 2.31. The van der Waals surface area contributed by atoms with E-state index in [1.165, 1.54) is 0 Å². The van der Waals surface area contributed by atoms with E-state index in [-0.39, 0.29) is 0 Å². The minimum Gasteiger partial charge on any atom is -0.492 e. The van der Waals surface area contributed by atoms with E-state index in [1.54, 1.807) is 11.8 Å². The van der Waals surface area contributed by atoms with Crippen molar-refractivity contribution in [3.05, 3.63) is 41.4 Å². The molecule has 0 bridgehead atoms. The van der Waals surface area contributed by atoms with Crippen LogP contribution in [0.1, 0.15) is 0 Å². The molecule has 0 amide bonds. The molecule has 2 rings (SSSR count). The van der Waals surface area contributed by atoms with Crippen LogP contribution in [-0.4, -0.2) is 18.6 Å². The molecule has 0 atom stereocenters. The lowest BCUT2D eigenvalue weighted by Gasteiger charge is -2.09. The Kier molecular flexibility index (Phi) is 3.97. The molecule has 0 unspecified atom stereocenters. The maximum Gasteiger partial charge on any atom is 0.127 e. The lowest BCUT2D eigenvalue weighted by atomic mass is 10.1. The van der Waals surface area contributed by atoms with Crippen LogP contribution in [-0.2, 0) is 0 Å². The van der Waals surface area contributed by atoms with Gasteiger partial charge in [-0.3, -0.25) is 0 Å². The lowest BCUT2D eigenvalue weighted by Crippen LogP contribution is -2.00. The number of hydrogen-bond acceptors (Lipinski definition) is 2. The van der Waals surface area contributed by atoms with Crippen LogP contribution >= 0.6 is 23.4 Å². The fourth-order valence-corrected chi connectivity index (χ4v) is 2.07. The summed E-state index contributed by atoms with van der Waals surface area (Å²) in [5, 5.41) is 2.90. The average molecular weight is 253 g/mol. The highest BCUT2D eigenvalue weighted by Gasteiger charge is 2.04. The molecule has 0 aliphatic heterocycles. The second-order valence-electron chi connectivity index (χ2n) is 3.43. The topological polar surface area (TPSA) is 9.23 Å². The fourth-order valence-electron chi connectivity index (χ4n) is 1.60. The zero-order chi connectivity index (χ0) is 11.4. The molecule has 2 aromatic carbocycles. The van der Waals surface area contributed by atoms with Gasteiger partial charge in [-0.1, -0.05) is 35.9 Å². The highest BCUT2D eigenvalue weighted by atomic mass is 35.5. The Morgan fingerprint density at radius 2 is 1.88 bits per heavy atom. The van der Waals surface area contributed by atoms with Gasteiger partial charge < -0.3 is 4.74 Å². The summed E-state index contributed by atoms with van der Waals surface area (Å²) in [6.45, 7) is 0.729. The van der Waals surface area contributed by atoms with Crippen LogP contribution in [0.25, 0.3) is 10.8 Å². The van der Waals surface area contributed by atoms with Crippen molar-refractivity contribution < 1.29 is 4.74 Å². The summed E-state index contributed by atoms with van der Waals surface area (Å²) in [7, 11) is 0. The SMILES string of the molecule is CSCCOc1ccc(Cl)c2ccccc12. The molecule has 0 radical (unpaired) electrons. The van der Waals surface area contributed by atoms with Gasteiger partial charge in [0.05, 0.1) is 6.61 Å². The van der Waals surface area contributed by atoms with E-state index in [0.29, 0.717) is 0 Å². The van der Waals surface area contributed by atoms with E-state index >= 15 is 0 Å². The monoisotopic (exact) mass is 252 g/mol. The summed E-state index contributed by atoms with van der Waals surface area (Å²) in [4.78, 5) is 0. The molecule has 0 aliphatic rings. The summed E-state index contributed by atoms with van der Waals surface area (Å²) in [5.41, 5.74) is 0. The van der Waals surface area contributed by atoms with Crippen LogP contribution in [0.3, 0.4) is 0 Å². The van der Waals surface area contributed by atoms with E-state index in [9.17, 15) is 0 Å². The number of thioether (sulfide) groups is 1. The minimum atomic E-state index is 0.729. The van der Waals surface area contributed by atoms with Crippen molar-refractivity contribution in [1.82, 2.24) is 0 Å². The van der Waals surface area contributed by atoms with Crippen LogP contribution in [0, 0.1) is 0 Å². The maximum absolute atomic E-state index is 6.13. The number of fused-ring (bicyclic) bond motifs is 1. The molecule has 0 saturated heterocycles. The zero-order valence-electron chi connectivity index (χ0n) is 9.07. The molecule has 2 aromatic rings. The van der Waals surface area contributed by atoms with Crippen molar-refractivity contribution in [2.75, 3.05) is 18.6 Å². The normalized spacial score (nSPS) is 10.6. The van der Waals surface area contributed by atoms with Crippen LogP contribution < -0.4 is 4.74 Å². The van der Waals surface area contributed by atoms with Crippen molar-refractivity contribution in [3.8, 4) is 5.75 Å². The van der Waals surface area contributed by atoms with Gasteiger partial charge in [-0.2, -0.15) is 11.8 Å². The molecular weight excluding hydrogens is 240 g/mol. The van der Waals surface area contributed by atoms with Crippen molar-refractivity contribution in [1.29, 1.82) is 0 Å². The fraction of sp³-hybridized carbons (Fsp3) is 0.231. The summed E-state index contributed by atoms with van der Waals surface area (Å²) in [6, 6.07) is 11.9. The van der Waals surface area contributed by atoms with Crippen molar-refractivity contribution in [2.45, 2.75) is 0 Å². The van der Waals surface area contributed by atoms with Crippen molar-refractivity contribution in [2.24, 2.45) is 0 Å². The van der Waals surface area contributed by atoms with Gasteiger partial charge in [0.15, 0.2) is 0 Å². The van der Waals surface area contributed by atoms with Gasteiger partial charge in [-0.25, -0.2) is 0 Å². The van der Waals surface area contributed by atoms with Crippen molar-refractivity contribution in [3.63, 3.8) is 0 Å². The smallest absolute Gasteiger partial charge is 0.127 e. The van der Waals surface area contributed by atoms with Gasteiger partial charge in [0.25, 0.3) is 0 Å². The average Bonchev–Trinajstić information content (AvgIpc) is 2.33. The van der Waals surface area contributed by atoms with E-state index in [4.69, 9.17) is 16.3 Å². The Labute approximate surface area is 105 Å². The van der Waals surface area contributed by atoms with E-state index in [0.717, 1.165) is 33.9 Å². The quantitative estimate of drug-likeness (QED) is 0.753. The molecule has 16 heavy (non-hydrogen) atoms. The molecule has 0 N–H and O–H groups in total. The van der Waals surface area contributed by atoms with Gasteiger partial charge in [0.1, 0.15) is 5.75 Å². The highest BCUT2D eigenvalue weighted by molar-refractivity contribution is 7.98. The number of rotatable bonds is 4. The zero-order valence-corrected chi connectivity index (χ0v) is 10.6. The van der Waals surface area contributed by atoms with Crippen LogP contribution in [0.15, 0.2) is 36.4 Å². The van der Waals surface area contributed by atoms with Gasteiger partial charge in [-0.15, -0.1) is 0 Å². The van der Waals surface area contributed by atoms with Gasteiger partial charge in [-0.05, 0) is 18.4 Å². The third kappa shape index (κ3) is 2.45. The number of benzene rings is 2. The molecule has 3 heteroatoms. The molecule has 0 fully saturated rings. The summed E-state index contributed by atoms with van der Waals surface area (Å²) >= 11 is 7.91. The summed E-state index contributed by atoms with van der Waals surface area (Å²) in [6.07, 6.45) is 2.07. The minimum absolute atomic E-state index is 0.729. The van der Waals surface area contributed by atoms with Gasteiger partial charge in [0, 0.05) is 21.5 Å².